The molecule has 1 N–H and O–H groups in total. The first-order valence-electron chi connectivity index (χ1n) is 7.95. The third-order valence-electron chi connectivity index (χ3n) is 4.01. The summed E-state index contributed by atoms with van der Waals surface area (Å²) in [6.07, 6.45) is 6.01. The van der Waals surface area contributed by atoms with Crippen molar-refractivity contribution in [3.8, 4) is 0 Å². The minimum absolute atomic E-state index is 0.230. The number of aromatic nitrogens is 1. The fourth-order valence-electron chi connectivity index (χ4n) is 3.02. The van der Waals surface area contributed by atoms with E-state index in [-0.39, 0.29) is 18.1 Å². The van der Waals surface area contributed by atoms with Gasteiger partial charge < -0.3 is 10.0 Å². The lowest BCUT2D eigenvalue weighted by Crippen LogP contribution is -2.44. The highest BCUT2D eigenvalue weighted by molar-refractivity contribution is 7.09. The van der Waals surface area contributed by atoms with Gasteiger partial charge in [-0.05, 0) is 52.4 Å². The number of likely N-dealkylation sites (tertiary alicyclic amines) is 1. The van der Waals surface area contributed by atoms with E-state index in [4.69, 9.17) is 0 Å². The number of piperidine rings is 1. The molecule has 2 heterocycles. The highest BCUT2D eigenvalue weighted by Crippen LogP contribution is 2.22. The fraction of sp³-hybridized carbons (Fsp3) is 0.750. The van der Waals surface area contributed by atoms with Gasteiger partial charge in [0.25, 0.3) is 0 Å². The average molecular weight is 310 g/mol. The lowest BCUT2D eigenvalue weighted by atomic mass is 9.96. The van der Waals surface area contributed by atoms with E-state index >= 15 is 0 Å². The van der Waals surface area contributed by atoms with E-state index in [0.717, 1.165) is 42.9 Å². The molecule has 1 aromatic heterocycles. The fourth-order valence-corrected chi connectivity index (χ4v) is 3.84. The van der Waals surface area contributed by atoms with E-state index in [2.05, 4.69) is 10.4 Å². The first-order valence-corrected chi connectivity index (χ1v) is 8.82. The van der Waals surface area contributed by atoms with Gasteiger partial charge in [0.1, 0.15) is 0 Å². The van der Waals surface area contributed by atoms with Gasteiger partial charge >= 0.3 is 0 Å². The lowest BCUT2D eigenvalue weighted by Gasteiger charge is -2.36. The van der Waals surface area contributed by atoms with Crippen molar-refractivity contribution in [3.63, 3.8) is 0 Å². The molecule has 0 aromatic carbocycles. The van der Waals surface area contributed by atoms with Crippen LogP contribution in [-0.4, -0.2) is 39.6 Å². The second-order valence-electron chi connectivity index (χ2n) is 6.06. The van der Waals surface area contributed by atoms with Gasteiger partial charge in [-0.3, -0.25) is 4.79 Å². The van der Waals surface area contributed by atoms with Crippen molar-refractivity contribution in [1.29, 1.82) is 0 Å². The van der Waals surface area contributed by atoms with Crippen LogP contribution in [0.5, 0.6) is 0 Å². The predicted molar refractivity (Wildman–Crippen MR) is 85.4 cm³/mol. The molecule has 5 heteroatoms. The number of amides is 1. The molecule has 2 atom stereocenters. The standard InChI is InChI=1S/C16H26N2O2S/c1-12-11-21-15(17-12)7-5-8-16(20)18-9-4-3-6-14(18)10-13(2)19/h11,13-14,19H,3-10H2,1-2H3. The molecule has 0 radical (unpaired) electrons. The number of aliphatic hydroxyl groups is 1. The SMILES string of the molecule is Cc1csc(CCCC(=O)N2CCCCC2CC(C)O)n1. The van der Waals surface area contributed by atoms with E-state index in [0.29, 0.717) is 12.8 Å². The molecule has 1 aliphatic rings. The first kappa shape index (κ1) is 16.4. The molecule has 0 spiro atoms. The second kappa shape index (κ2) is 7.90. The number of thiazole rings is 1. The molecule has 1 amide bonds. The van der Waals surface area contributed by atoms with Crippen LogP contribution in [0.15, 0.2) is 5.38 Å². The molecule has 2 unspecified atom stereocenters. The summed E-state index contributed by atoms with van der Waals surface area (Å²) in [6, 6.07) is 0.230. The van der Waals surface area contributed by atoms with E-state index in [1.807, 2.05) is 18.7 Å². The Morgan fingerprint density at radius 1 is 1.57 bits per heavy atom. The van der Waals surface area contributed by atoms with Crippen LogP contribution in [0, 0.1) is 6.92 Å². The van der Waals surface area contributed by atoms with Crippen molar-refractivity contribution < 1.29 is 9.90 Å². The maximum Gasteiger partial charge on any atom is 0.222 e. The van der Waals surface area contributed by atoms with Gasteiger partial charge in [-0.1, -0.05) is 0 Å². The van der Waals surface area contributed by atoms with E-state index in [1.165, 1.54) is 6.42 Å². The number of hydrogen-bond donors (Lipinski definition) is 1. The van der Waals surface area contributed by atoms with Crippen LogP contribution in [0.25, 0.3) is 0 Å². The molecule has 2 rings (SSSR count). The third kappa shape index (κ3) is 5.08. The smallest absolute Gasteiger partial charge is 0.222 e. The summed E-state index contributed by atoms with van der Waals surface area (Å²) in [5.74, 6) is 0.244. The Kier molecular flexibility index (Phi) is 6.18. The van der Waals surface area contributed by atoms with Crippen LogP contribution in [0.3, 0.4) is 0 Å². The third-order valence-corrected chi connectivity index (χ3v) is 5.03. The quantitative estimate of drug-likeness (QED) is 0.879. The Labute approximate surface area is 131 Å². The van der Waals surface area contributed by atoms with Crippen LogP contribution < -0.4 is 0 Å². The molecule has 1 fully saturated rings. The van der Waals surface area contributed by atoms with Crippen LogP contribution in [-0.2, 0) is 11.2 Å². The topological polar surface area (TPSA) is 53.4 Å². The number of rotatable bonds is 6. The maximum absolute atomic E-state index is 12.4. The molecule has 21 heavy (non-hydrogen) atoms. The Morgan fingerprint density at radius 2 is 2.38 bits per heavy atom. The number of carbonyl (C=O) groups is 1. The van der Waals surface area contributed by atoms with Gasteiger partial charge in [0.05, 0.1) is 11.1 Å². The van der Waals surface area contributed by atoms with Crippen molar-refractivity contribution in [3.05, 3.63) is 16.1 Å². The lowest BCUT2D eigenvalue weighted by molar-refractivity contribution is -0.135. The summed E-state index contributed by atoms with van der Waals surface area (Å²) in [5.41, 5.74) is 1.06. The van der Waals surface area contributed by atoms with Gasteiger partial charge in [0.15, 0.2) is 0 Å². The summed E-state index contributed by atoms with van der Waals surface area (Å²) >= 11 is 1.68. The molecule has 1 aliphatic heterocycles. The normalized spacial score (nSPS) is 20.5. The van der Waals surface area contributed by atoms with E-state index < -0.39 is 0 Å². The molecule has 118 valence electrons. The van der Waals surface area contributed by atoms with Crippen molar-refractivity contribution in [1.82, 2.24) is 9.88 Å². The average Bonchev–Trinajstić information content (AvgIpc) is 2.84. The zero-order valence-corrected chi connectivity index (χ0v) is 13.9. The summed E-state index contributed by atoms with van der Waals surface area (Å²) in [5, 5.41) is 12.8. The zero-order valence-electron chi connectivity index (χ0n) is 13.0. The molecule has 4 nitrogen and oxygen atoms in total. The van der Waals surface area contributed by atoms with Gasteiger partial charge in [-0.15, -0.1) is 11.3 Å². The molecule has 0 bridgehead atoms. The first-order chi connectivity index (χ1) is 10.1. The second-order valence-corrected chi connectivity index (χ2v) is 7.00. The summed E-state index contributed by atoms with van der Waals surface area (Å²) in [7, 11) is 0. The molecular weight excluding hydrogens is 284 g/mol. The summed E-state index contributed by atoms with van der Waals surface area (Å²) in [6.45, 7) is 4.66. The number of aliphatic hydroxyl groups excluding tert-OH is 1. The molecule has 0 saturated carbocycles. The Bertz CT molecular complexity index is 459. The van der Waals surface area contributed by atoms with Crippen LogP contribution in [0.1, 0.15) is 56.2 Å². The van der Waals surface area contributed by atoms with Crippen molar-refractivity contribution in [2.24, 2.45) is 0 Å². The van der Waals surface area contributed by atoms with Gasteiger partial charge in [0.2, 0.25) is 5.91 Å². The summed E-state index contributed by atoms with van der Waals surface area (Å²) < 4.78 is 0. The molecular formula is C16H26N2O2S. The van der Waals surface area contributed by atoms with E-state index in [9.17, 15) is 9.90 Å². The van der Waals surface area contributed by atoms with Gasteiger partial charge in [-0.25, -0.2) is 4.98 Å². The molecule has 0 aliphatic carbocycles. The van der Waals surface area contributed by atoms with Crippen molar-refractivity contribution in [2.75, 3.05) is 6.54 Å². The number of nitrogens with zero attached hydrogens (tertiary/aromatic N) is 2. The largest absolute Gasteiger partial charge is 0.393 e. The van der Waals surface area contributed by atoms with Gasteiger partial charge in [0, 0.05) is 30.1 Å². The Morgan fingerprint density at radius 3 is 3.05 bits per heavy atom. The predicted octanol–water partition coefficient (Wildman–Crippen LogP) is 2.93. The summed E-state index contributed by atoms with van der Waals surface area (Å²) in [4.78, 5) is 18.9. The van der Waals surface area contributed by atoms with Crippen LogP contribution >= 0.6 is 11.3 Å². The monoisotopic (exact) mass is 310 g/mol. The van der Waals surface area contributed by atoms with Crippen molar-refractivity contribution in [2.45, 2.75) is 70.9 Å². The Hall–Kier alpha value is -0.940. The highest BCUT2D eigenvalue weighted by Gasteiger charge is 2.27. The number of aryl methyl sites for hydroxylation is 2. The van der Waals surface area contributed by atoms with Crippen molar-refractivity contribution >= 4 is 17.2 Å². The highest BCUT2D eigenvalue weighted by atomic mass is 32.1. The van der Waals surface area contributed by atoms with Crippen LogP contribution in [0.4, 0.5) is 0 Å². The number of hydrogen-bond acceptors (Lipinski definition) is 4. The van der Waals surface area contributed by atoms with Gasteiger partial charge in [-0.2, -0.15) is 0 Å². The number of carbonyl (C=O) groups excluding carboxylic acids is 1. The minimum Gasteiger partial charge on any atom is -0.393 e. The minimum atomic E-state index is -0.332. The maximum atomic E-state index is 12.4. The Balaban J connectivity index is 1.80. The zero-order chi connectivity index (χ0) is 15.2. The molecule has 1 saturated heterocycles. The molecule has 1 aromatic rings. The van der Waals surface area contributed by atoms with E-state index in [1.54, 1.807) is 11.3 Å². The van der Waals surface area contributed by atoms with Crippen LogP contribution in [0.2, 0.25) is 0 Å².